The second-order valence-corrected chi connectivity index (χ2v) is 11.7. The van der Waals surface area contributed by atoms with Gasteiger partial charge in [-0.15, -0.1) is 0 Å². The van der Waals surface area contributed by atoms with Crippen molar-refractivity contribution in [3.63, 3.8) is 0 Å². The number of hydrogen-bond acceptors (Lipinski definition) is 3. The molecule has 37 heavy (non-hydrogen) atoms. The molecule has 0 aliphatic rings. The average molecular weight is 488 g/mol. The van der Waals surface area contributed by atoms with Crippen LogP contribution in [0.2, 0.25) is 0 Å². The maximum atomic E-state index is 6.37. The van der Waals surface area contributed by atoms with Gasteiger partial charge in [-0.3, -0.25) is 4.98 Å². The predicted molar refractivity (Wildman–Crippen MR) is 154 cm³/mol. The van der Waals surface area contributed by atoms with Gasteiger partial charge in [0.1, 0.15) is 11.2 Å². The summed E-state index contributed by atoms with van der Waals surface area (Å²) in [5.74, 6) is 2.13. The highest BCUT2D eigenvalue weighted by Gasteiger charge is 2.22. The summed E-state index contributed by atoms with van der Waals surface area (Å²) >= 11 is 0. The van der Waals surface area contributed by atoms with Crippen LogP contribution in [-0.2, 0) is 11.8 Å². The van der Waals surface area contributed by atoms with Gasteiger partial charge in [-0.05, 0) is 83.0 Å². The second kappa shape index (κ2) is 8.62. The molecule has 3 nitrogen and oxygen atoms in total. The van der Waals surface area contributed by atoms with Crippen LogP contribution in [0.25, 0.3) is 55.5 Å². The highest BCUT2D eigenvalue weighted by atomic mass is 16.4. The van der Waals surface area contributed by atoms with Crippen LogP contribution in [0, 0.1) is 12.8 Å². The highest BCUT2D eigenvalue weighted by Crippen LogP contribution is 2.40. The fourth-order valence-electron chi connectivity index (χ4n) is 5.47. The first-order valence-electron chi connectivity index (χ1n) is 13.1. The van der Waals surface area contributed by atoms with E-state index in [1.165, 1.54) is 21.9 Å². The lowest BCUT2D eigenvalue weighted by Gasteiger charge is -2.22. The normalized spacial score (nSPS) is 12.4. The van der Waals surface area contributed by atoms with E-state index in [-0.39, 0.29) is 5.41 Å². The molecule has 0 aliphatic carbocycles. The zero-order valence-electron chi connectivity index (χ0n) is 22.5. The molecule has 6 rings (SSSR count). The lowest BCUT2D eigenvalue weighted by molar-refractivity contribution is 0.567. The van der Waals surface area contributed by atoms with Crippen molar-refractivity contribution in [1.82, 2.24) is 4.98 Å². The van der Waals surface area contributed by atoms with Crippen LogP contribution >= 0.6 is 0 Å². The van der Waals surface area contributed by atoms with Crippen LogP contribution < -0.4 is 0 Å². The minimum Gasteiger partial charge on any atom is -0.453 e. The molecule has 0 aliphatic heterocycles. The van der Waals surface area contributed by atoms with Crippen molar-refractivity contribution in [2.45, 2.75) is 53.4 Å². The summed E-state index contributed by atoms with van der Waals surface area (Å²) in [6.45, 7) is 13.4. The summed E-state index contributed by atoms with van der Waals surface area (Å²) in [5.41, 5.74) is 7.49. The van der Waals surface area contributed by atoms with Gasteiger partial charge in [0.2, 0.25) is 0 Å². The first-order valence-corrected chi connectivity index (χ1v) is 13.1. The van der Waals surface area contributed by atoms with Crippen LogP contribution in [0.15, 0.2) is 81.8 Å². The molecule has 3 heterocycles. The third-order valence-corrected chi connectivity index (χ3v) is 7.26. The van der Waals surface area contributed by atoms with E-state index < -0.39 is 0 Å². The van der Waals surface area contributed by atoms with Gasteiger partial charge in [0, 0.05) is 28.1 Å². The molecular formula is C34H33NO2. The Morgan fingerprint density at radius 2 is 1.59 bits per heavy atom. The van der Waals surface area contributed by atoms with E-state index in [1.54, 1.807) is 0 Å². The molecule has 3 aromatic heterocycles. The lowest BCUT2D eigenvalue weighted by atomic mass is 9.82. The molecule has 0 bridgehead atoms. The number of benzene rings is 3. The van der Waals surface area contributed by atoms with E-state index in [0.29, 0.717) is 5.92 Å². The largest absolute Gasteiger partial charge is 0.453 e. The molecule has 0 unspecified atom stereocenters. The minimum absolute atomic E-state index is 0.00484. The summed E-state index contributed by atoms with van der Waals surface area (Å²) in [6, 6.07) is 23.7. The molecule has 0 fully saturated rings. The van der Waals surface area contributed by atoms with Crippen LogP contribution in [0.1, 0.15) is 51.3 Å². The molecule has 6 aromatic rings. The molecular weight excluding hydrogens is 454 g/mol. The number of hydrogen-bond donors (Lipinski definition) is 0. The smallest absolute Gasteiger partial charge is 0.173 e. The lowest BCUT2D eigenvalue weighted by Crippen LogP contribution is -2.12. The molecule has 0 saturated heterocycles. The summed E-state index contributed by atoms with van der Waals surface area (Å²) < 4.78 is 12.7. The van der Waals surface area contributed by atoms with E-state index in [9.17, 15) is 0 Å². The Labute approximate surface area is 218 Å². The van der Waals surface area contributed by atoms with Gasteiger partial charge >= 0.3 is 0 Å². The third-order valence-electron chi connectivity index (χ3n) is 7.26. The minimum atomic E-state index is 0.00484. The van der Waals surface area contributed by atoms with E-state index in [1.807, 2.05) is 12.3 Å². The standard InChI is InChI=1S/C34H33NO2/c1-20(2)15-22-11-12-29-26(16-22)21(3)33(37-29)31-19-27-30(36-31)13-14-35-32(27)24-17-23-9-7-8-10-25(23)28(18-24)34(4,5)6/h7-14,16-20H,15H2,1-6H3. The molecule has 0 radical (unpaired) electrons. The Kier molecular flexibility index (Phi) is 5.49. The molecule has 0 spiro atoms. The quantitative estimate of drug-likeness (QED) is 0.248. The first-order chi connectivity index (χ1) is 17.7. The van der Waals surface area contributed by atoms with Gasteiger partial charge in [0.15, 0.2) is 11.5 Å². The molecule has 3 aromatic carbocycles. The molecule has 0 amide bonds. The van der Waals surface area contributed by atoms with Gasteiger partial charge in [-0.25, -0.2) is 0 Å². The summed E-state index contributed by atoms with van der Waals surface area (Å²) in [7, 11) is 0. The Balaban J connectivity index is 1.51. The molecule has 0 N–H and O–H groups in total. The van der Waals surface area contributed by atoms with Crippen LogP contribution in [0.5, 0.6) is 0 Å². The van der Waals surface area contributed by atoms with E-state index >= 15 is 0 Å². The maximum absolute atomic E-state index is 6.37. The van der Waals surface area contributed by atoms with Crippen molar-refractivity contribution in [3.05, 3.63) is 89.6 Å². The zero-order valence-corrected chi connectivity index (χ0v) is 22.5. The van der Waals surface area contributed by atoms with E-state index in [4.69, 9.17) is 13.8 Å². The monoisotopic (exact) mass is 487 g/mol. The Bertz CT molecular complexity index is 1780. The van der Waals surface area contributed by atoms with Gasteiger partial charge in [-0.2, -0.15) is 0 Å². The van der Waals surface area contributed by atoms with Crippen molar-refractivity contribution in [2.24, 2.45) is 5.92 Å². The number of pyridine rings is 1. The predicted octanol–water partition coefficient (Wildman–Crippen LogP) is 9.87. The Morgan fingerprint density at radius 1 is 0.811 bits per heavy atom. The number of aromatic nitrogens is 1. The zero-order chi connectivity index (χ0) is 25.9. The van der Waals surface area contributed by atoms with Crippen LogP contribution in [0.4, 0.5) is 0 Å². The number of nitrogens with zero attached hydrogens (tertiary/aromatic N) is 1. The highest BCUT2D eigenvalue weighted by molar-refractivity contribution is 5.99. The second-order valence-electron chi connectivity index (χ2n) is 11.7. The third kappa shape index (κ3) is 4.13. The molecule has 186 valence electrons. The van der Waals surface area contributed by atoms with Crippen molar-refractivity contribution >= 4 is 32.7 Å². The van der Waals surface area contributed by atoms with Gasteiger partial charge in [0.25, 0.3) is 0 Å². The van der Waals surface area contributed by atoms with Crippen molar-refractivity contribution < 1.29 is 8.83 Å². The van der Waals surface area contributed by atoms with Crippen molar-refractivity contribution in [2.75, 3.05) is 0 Å². The topological polar surface area (TPSA) is 39.2 Å². The fraction of sp³-hybridized carbons (Fsp3) is 0.265. The van der Waals surface area contributed by atoms with Gasteiger partial charge < -0.3 is 8.83 Å². The van der Waals surface area contributed by atoms with Gasteiger partial charge in [0.05, 0.1) is 5.69 Å². The van der Waals surface area contributed by atoms with Crippen LogP contribution in [0.3, 0.4) is 0 Å². The molecule has 3 heteroatoms. The van der Waals surface area contributed by atoms with Crippen molar-refractivity contribution in [1.29, 1.82) is 0 Å². The number of fused-ring (bicyclic) bond motifs is 3. The Morgan fingerprint density at radius 3 is 2.38 bits per heavy atom. The molecule has 0 atom stereocenters. The van der Waals surface area contributed by atoms with E-state index in [2.05, 4.69) is 102 Å². The molecule has 0 saturated carbocycles. The first kappa shape index (κ1) is 23.5. The summed E-state index contributed by atoms with van der Waals surface area (Å²) in [4.78, 5) is 4.83. The SMILES string of the molecule is Cc1c(-c2cc3c(-c4cc(C(C)(C)C)c5ccccc5c4)nccc3o2)oc2ccc(CC(C)C)cc12. The summed E-state index contributed by atoms with van der Waals surface area (Å²) in [6.07, 6.45) is 2.89. The number of rotatable bonds is 4. The van der Waals surface area contributed by atoms with Crippen LogP contribution in [-0.4, -0.2) is 4.98 Å². The fourth-order valence-corrected chi connectivity index (χ4v) is 5.47. The average Bonchev–Trinajstić information content (AvgIpc) is 3.43. The van der Waals surface area contributed by atoms with E-state index in [0.717, 1.165) is 56.7 Å². The Hall–Kier alpha value is -3.85. The van der Waals surface area contributed by atoms with Gasteiger partial charge in [-0.1, -0.05) is 65.0 Å². The maximum Gasteiger partial charge on any atom is 0.173 e. The number of aryl methyl sites for hydroxylation is 1. The number of furan rings is 2. The summed E-state index contributed by atoms with van der Waals surface area (Å²) in [5, 5.41) is 4.65. The van der Waals surface area contributed by atoms with Crippen molar-refractivity contribution in [3.8, 4) is 22.8 Å².